The smallest absolute Gasteiger partial charge is 0.270 e. The van der Waals surface area contributed by atoms with Crippen LogP contribution < -0.4 is 5.43 Å². The molecule has 0 saturated carbocycles. The van der Waals surface area contributed by atoms with Crippen molar-refractivity contribution in [2.75, 3.05) is 31.6 Å². The second-order valence-corrected chi connectivity index (χ2v) is 11.2. The zero-order valence-electron chi connectivity index (χ0n) is 19.6. The maximum atomic E-state index is 13.6. The van der Waals surface area contributed by atoms with Crippen LogP contribution in [0.2, 0.25) is 0 Å². The van der Waals surface area contributed by atoms with E-state index in [0.29, 0.717) is 25.9 Å². The Kier molecular flexibility index (Phi) is 9.19. The number of piperidine rings is 1. The van der Waals surface area contributed by atoms with Crippen LogP contribution in [0.15, 0.2) is 52.5 Å². The summed E-state index contributed by atoms with van der Waals surface area (Å²) < 4.78 is 29.5. The maximum Gasteiger partial charge on any atom is 0.270 e. The molecule has 10 nitrogen and oxygen atoms in total. The van der Waals surface area contributed by atoms with Crippen molar-refractivity contribution in [1.29, 1.82) is 0 Å². The van der Waals surface area contributed by atoms with E-state index in [1.54, 1.807) is 4.90 Å². The van der Waals surface area contributed by atoms with Crippen molar-refractivity contribution in [2.45, 2.75) is 31.6 Å². The number of carbonyl (C=O) groups excluding carboxylic acids is 1. The first-order valence-corrected chi connectivity index (χ1v) is 13.8. The fourth-order valence-corrected chi connectivity index (χ4v) is 6.00. The van der Waals surface area contributed by atoms with Gasteiger partial charge in [-0.2, -0.15) is 9.41 Å². The van der Waals surface area contributed by atoms with Crippen LogP contribution in [-0.4, -0.2) is 60.8 Å². The van der Waals surface area contributed by atoms with Crippen LogP contribution in [0.25, 0.3) is 0 Å². The number of nitrogens with zero attached hydrogens (tertiary/aromatic N) is 4. The Hall–Kier alpha value is -2.58. The van der Waals surface area contributed by atoms with Crippen LogP contribution in [0.1, 0.15) is 32.3 Å². The number of nitrogens with one attached hydrogen (secondary N) is 1. The molecule has 1 aliphatic heterocycles. The molecule has 12 heteroatoms. The fourth-order valence-electron chi connectivity index (χ4n) is 3.95. The van der Waals surface area contributed by atoms with Crippen molar-refractivity contribution in [1.82, 2.24) is 9.21 Å². The lowest BCUT2D eigenvalue weighted by molar-refractivity contribution is -0.385. The van der Waals surface area contributed by atoms with Crippen molar-refractivity contribution in [2.24, 2.45) is 11.0 Å². The highest BCUT2D eigenvalue weighted by Gasteiger charge is 2.36. The van der Waals surface area contributed by atoms with E-state index in [4.69, 9.17) is 0 Å². The quantitative estimate of drug-likeness (QED) is 0.198. The molecule has 0 bridgehead atoms. The highest BCUT2D eigenvalue weighted by molar-refractivity contribution is 14.1. The Morgan fingerprint density at radius 1 is 1.26 bits per heavy atom. The summed E-state index contributed by atoms with van der Waals surface area (Å²) in [7, 11) is -4.13. The minimum absolute atomic E-state index is 0.0334. The van der Waals surface area contributed by atoms with Gasteiger partial charge in [0.25, 0.3) is 5.69 Å². The highest BCUT2D eigenvalue weighted by atomic mass is 127. The first-order chi connectivity index (χ1) is 16.7. The Morgan fingerprint density at radius 3 is 2.57 bits per heavy atom. The summed E-state index contributed by atoms with van der Waals surface area (Å²) in [5.41, 5.74) is 3.30. The standard InChI is InChI=1S/C23H28IN5O5S/c1-3-27(4-2)23(30)18-6-5-13-28(16-18)35(33,34)22-14-20(29(31)32)11-12-21(22)26-25-15-17-7-9-19(24)10-8-17/h7-12,14-15,18,26H,3-6,13,16H2,1-2H3/b25-15-/t18-/m0/s1. The van der Waals surface area contributed by atoms with E-state index >= 15 is 0 Å². The van der Waals surface area contributed by atoms with Gasteiger partial charge in [-0.1, -0.05) is 12.1 Å². The third-order valence-electron chi connectivity index (χ3n) is 5.87. The molecule has 1 heterocycles. The van der Waals surface area contributed by atoms with Gasteiger partial charge in [0.15, 0.2) is 0 Å². The van der Waals surface area contributed by atoms with Gasteiger partial charge in [0.05, 0.1) is 22.7 Å². The molecule has 1 aliphatic rings. The molecule has 2 aromatic carbocycles. The maximum absolute atomic E-state index is 13.6. The molecular formula is C23H28IN5O5S. The van der Waals surface area contributed by atoms with E-state index in [-0.39, 0.29) is 35.3 Å². The molecule has 1 N–H and O–H groups in total. The van der Waals surface area contributed by atoms with Gasteiger partial charge in [0.1, 0.15) is 4.90 Å². The number of carbonyl (C=O) groups is 1. The first-order valence-electron chi connectivity index (χ1n) is 11.3. The molecule has 1 atom stereocenters. The van der Waals surface area contributed by atoms with Crippen molar-refractivity contribution in [3.05, 3.63) is 61.7 Å². The average Bonchev–Trinajstić information content (AvgIpc) is 2.86. The summed E-state index contributed by atoms with van der Waals surface area (Å²) in [5, 5.41) is 15.5. The average molecular weight is 613 g/mol. The Labute approximate surface area is 218 Å². The van der Waals surface area contributed by atoms with Crippen LogP contribution in [-0.2, 0) is 14.8 Å². The van der Waals surface area contributed by atoms with Crippen molar-refractivity contribution < 1.29 is 18.1 Å². The van der Waals surface area contributed by atoms with Gasteiger partial charge in [-0.3, -0.25) is 20.3 Å². The lowest BCUT2D eigenvalue weighted by atomic mass is 9.98. The Bertz CT molecular complexity index is 1200. The number of hydrogen-bond donors (Lipinski definition) is 1. The molecule has 1 fully saturated rings. The number of nitro groups is 1. The van der Waals surface area contributed by atoms with Gasteiger partial charge < -0.3 is 4.90 Å². The predicted molar refractivity (Wildman–Crippen MR) is 143 cm³/mol. The highest BCUT2D eigenvalue weighted by Crippen LogP contribution is 2.32. The Morgan fingerprint density at radius 2 is 1.94 bits per heavy atom. The largest absolute Gasteiger partial charge is 0.343 e. The molecule has 3 rings (SSSR count). The van der Waals surface area contributed by atoms with Crippen molar-refractivity contribution in [3.8, 4) is 0 Å². The molecule has 35 heavy (non-hydrogen) atoms. The fraction of sp³-hybridized carbons (Fsp3) is 0.391. The number of anilines is 1. The number of amides is 1. The molecule has 0 aliphatic carbocycles. The van der Waals surface area contributed by atoms with E-state index < -0.39 is 20.9 Å². The number of hydrogen-bond acceptors (Lipinski definition) is 7. The van der Waals surface area contributed by atoms with Crippen LogP contribution in [0, 0.1) is 19.6 Å². The number of nitro benzene ring substituents is 1. The topological polar surface area (TPSA) is 125 Å². The normalized spacial score (nSPS) is 16.8. The Balaban J connectivity index is 1.90. The summed E-state index contributed by atoms with van der Waals surface area (Å²) >= 11 is 2.19. The third kappa shape index (κ3) is 6.55. The number of halogens is 1. The zero-order chi connectivity index (χ0) is 25.6. The molecule has 188 valence electrons. The molecule has 0 radical (unpaired) electrons. The summed E-state index contributed by atoms with van der Waals surface area (Å²) in [6.07, 6.45) is 2.66. The van der Waals surface area contributed by atoms with Gasteiger partial charge in [-0.15, -0.1) is 0 Å². The lowest BCUT2D eigenvalue weighted by Crippen LogP contribution is -2.46. The SMILES string of the molecule is CCN(CC)C(=O)[C@H]1CCCN(S(=O)(=O)c2cc([N+](=O)[O-])ccc2N/N=C\c2ccc(I)cc2)C1. The van der Waals surface area contributed by atoms with Crippen LogP contribution in [0.3, 0.4) is 0 Å². The molecule has 2 aromatic rings. The number of non-ortho nitro benzene ring substituents is 1. The monoisotopic (exact) mass is 613 g/mol. The summed E-state index contributed by atoms with van der Waals surface area (Å²) in [6, 6.07) is 11.1. The number of hydrazone groups is 1. The molecule has 0 spiro atoms. The minimum Gasteiger partial charge on any atom is -0.343 e. The minimum atomic E-state index is -4.13. The van der Waals surface area contributed by atoms with Crippen molar-refractivity contribution in [3.63, 3.8) is 0 Å². The predicted octanol–water partition coefficient (Wildman–Crippen LogP) is 3.91. The first kappa shape index (κ1) is 27.0. The molecular weight excluding hydrogens is 585 g/mol. The van der Waals surface area contributed by atoms with E-state index in [9.17, 15) is 23.3 Å². The summed E-state index contributed by atoms with van der Waals surface area (Å²) in [4.78, 5) is 25.0. The summed E-state index contributed by atoms with van der Waals surface area (Å²) in [5.74, 6) is -0.526. The van der Waals surface area contributed by atoms with E-state index in [0.717, 1.165) is 15.2 Å². The van der Waals surface area contributed by atoms with Gasteiger partial charge in [0, 0.05) is 41.9 Å². The second-order valence-electron chi connectivity index (χ2n) is 8.07. The molecule has 0 unspecified atom stereocenters. The molecule has 1 amide bonds. The lowest BCUT2D eigenvalue weighted by Gasteiger charge is -2.34. The van der Waals surface area contributed by atoms with Gasteiger partial charge in [0.2, 0.25) is 15.9 Å². The number of benzene rings is 2. The number of rotatable bonds is 9. The van der Waals surface area contributed by atoms with E-state index in [2.05, 4.69) is 33.1 Å². The van der Waals surface area contributed by atoms with E-state index in [1.165, 1.54) is 22.7 Å². The second kappa shape index (κ2) is 11.9. The van der Waals surface area contributed by atoms with Gasteiger partial charge >= 0.3 is 0 Å². The third-order valence-corrected chi connectivity index (χ3v) is 8.50. The van der Waals surface area contributed by atoms with E-state index in [1.807, 2.05) is 38.1 Å². The van der Waals surface area contributed by atoms with Crippen molar-refractivity contribution >= 4 is 56.1 Å². The molecule has 1 saturated heterocycles. The van der Waals surface area contributed by atoms with Crippen LogP contribution >= 0.6 is 22.6 Å². The number of sulfonamides is 1. The summed E-state index contributed by atoms with van der Waals surface area (Å²) in [6.45, 7) is 5.14. The van der Waals surface area contributed by atoms with Gasteiger partial charge in [-0.25, -0.2) is 8.42 Å². The molecule has 0 aromatic heterocycles. The van der Waals surface area contributed by atoms with Gasteiger partial charge in [-0.05, 0) is 73.0 Å². The van der Waals surface area contributed by atoms with Crippen LogP contribution in [0.4, 0.5) is 11.4 Å². The zero-order valence-corrected chi connectivity index (χ0v) is 22.5. The van der Waals surface area contributed by atoms with Crippen LogP contribution in [0.5, 0.6) is 0 Å².